The van der Waals surface area contributed by atoms with E-state index < -0.39 is 69.6 Å². The van der Waals surface area contributed by atoms with Gasteiger partial charge in [-0.15, -0.1) is 0 Å². The van der Waals surface area contributed by atoms with Crippen LogP contribution in [-0.4, -0.2) is 69.6 Å². The molecule has 0 aliphatic rings. The van der Waals surface area contributed by atoms with E-state index in [-0.39, 0.29) is 0 Å². The molecule has 0 saturated carbocycles. The number of ether oxygens (including phenoxy) is 1. The summed E-state index contributed by atoms with van der Waals surface area (Å²) < 4.78 is 298. The van der Waals surface area contributed by atoms with Gasteiger partial charge in [0.05, 0.1) is 0 Å². The van der Waals surface area contributed by atoms with E-state index in [1.54, 1.807) is 4.74 Å². The van der Waals surface area contributed by atoms with Crippen molar-refractivity contribution in [1.82, 2.24) is 0 Å². The van der Waals surface area contributed by atoms with Gasteiger partial charge < -0.3 is 0 Å². The molecule has 0 N–H and O–H groups in total. The van der Waals surface area contributed by atoms with Crippen LogP contribution in [0.25, 0.3) is 0 Å². The second-order valence-electron chi connectivity index (χ2n) is 6.73. The molecule has 0 fully saturated rings. The molecule has 0 aromatic heterocycles. The van der Waals surface area contributed by atoms with Crippen LogP contribution in [0.1, 0.15) is 0 Å². The third-order valence-corrected chi connectivity index (χ3v) is 5.09. The van der Waals surface area contributed by atoms with Crippen LogP contribution in [0.2, 0.25) is 0 Å². The van der Waals surface area contributed by atoms with Crippen LogP contribution in [0.4, 0.5) is 101 Å². The van der Waals surface area contributed by atoms with Crippen molar-refractivity contribution in [3.8, 4) is 0 Å². The number of halogens is 26. The third kappa shape index (κ3) is 5.09. The molecule has 1 nitrogen and oxygen atoms in total. The molecule has 39 heavy (non-hydrogen) atoms. The van der Waals surface area contributed by atoms with Gasteiger partial charge in [0.2, 0.25) is 0 Å². The zero-order valence-electron chi connectivity index (χ0n) is 16.2. The van der Waals surface area contributed by atoms with Crippen molar-refractivity contribution < 1.29 is 106 Å². The van der Waals surface area contributed by atoms with Crippen LogP contribution < -0.4 is 0 Å². The molecule has 0 amide bonds. The summed E-state index contributed by atoms with van der Waals surface area (Å²) in [6.07, 6.45) is -16.1. The molecule has 0 saturated heterocycles. The second kappa shape index (κ2) is 9.36. The van der Waals surface area contributed by atoms with Gasteiger partial charge in [0.15, 0.2) is 0 Å². The van der Waals surface area contributed by atoms with Crippen molar-refractivity contribution in [2.45, 2.75) is 69.6 Å². The first kappa shape index (κ1) is 38.2. The highest BCUT2D eigenvalue weighted by Crippen LogP contribution is 2.66. The van der Waals surface area contributed by atoms with Gasteiger partial charge in [-0.2, -0.15) is 101 Å². The fourth-order valence-electron chi connectivity index (χ4n) is 1.83. The van der Waals surface area contributed by atoms with Crippen molar-refractivity contribution >= 4 is 34.8 Å². The lowest BCUT2D eigenvalue weighted by Gasteiger charge is -2.44. The highest BCUT2D eigenvalue weighted by molar-refractivity contribution is 6.51. The smallest absolute Gasteiger partial charge is 0.259 e. The molecule has 0 radical (unpaired) electrons. The predicted molar refractivity (Wildman–Crippen MR) is 76.9 cm³/mol. The number of hydrogen-bond donors (Lipinski definition) is 0. The largest absolute Gasteiger partial charge is 0.460 e. The Bertz CT molecular complexity index is 899. The molecule has 1 unspecified atom stereocenters. The van der Waals surface area contributed by atoms with Crippen molar-refractivity contribution in [2.75, 3.05) is 0 Å². The summed E-state index contributed by atoms with van der Waals surface area (Å²) in [6.45, 7) is 0. The molecular weight excluding hydrogens is 703 g/mol. The first-order chi connectivity index (χ1) is 16.2. The Morgan fingerprint density at radius 1 is 0.308 bits per heavy atom. The second-order valence-corrected chi connectivity index (χ2v) is 8.45. The molecule has 0 aromatic carbocycles. The van der Waals surface area contributed by atoms with Gasteiger partial charge in [-0.25, -0.2) is 0 Å². The van der Waals surface area contributed by atoms with E-state index in [1.165, 1.54) is 0 Å². The Labute approximate surface area is 211 Å². The zero-order chi connectivity index (χ0) is 32.7. The monoisotopic (exact) mass is 702 g/mol. The van der Waals surface area contributed by atoms with Gasteiger partial charge in [-0.05, 0) is 11.6 Å². The summed E-state index contributed by atoms with van der Waals surface area (Å²) in [6, 6.07) is 0. The molecule has 0 heterocycles. The summed E-state index contributed by atoms with van der Waals surface area (Å²) in [5, 5.41) is -5.97. The van der Waals surface area contributed by atoms with Crippen LogP contribution in [0.3, 0.4) is 0 Å². The Balaban J connectivity index is 7.11. The molecule has 0 spiro atoms. The van der Waals surface area contributed by atoms with Crippen molar-refractivity contribution in [1.29, 1.82) is 0 Å². The fourth-order valence-corrected chi connectivity index (χ4v) is 2.00. The van der Waals surface area contributed by atoms with Gasteiger partial charge in [0.1, 0.15) is 0 Å². The van der Waals surface area contributed by atoms with Gasteiger partial charge >= 0.3 is 69.6 Å². The van der Waals surface area contributed by atoms with Gasteiger partial charge in [0, 0.05) is 0 Å². The lowest BCUT2D eigenvalue weighted by molar-refractivity contribution is -0.490. The third-order valence-electron chi connectivity index (χ3n) is 4.07. The molecule has 0 aliphatic carbocycles. The minimum atomic E-state index is -9.42. The molecule has 1 atom stereocenters. The van der Waals surface area contributed by atoms with E-state index in [4.69, 9.17) is 0 Å². The minimum absolute atomic E-state index is 1.78. The maximum atomic E-state index is 13.5. The predicted octanol–water partition coefficient (Wildman–Crippen LogP) is 9.20. The van der Waals surface area contributed by atoms with Gasteiger partial charge in [0.25, 0.3) is 0 Å². The summed E-state index contributed by atoms with van der Waals surface area (Å²) in [7, 11) is 0. The van der Waals surface area contributed by atoms with E-state index in [0.717, 1.165) is 0 Å². The molecule has 0 aliphatic heterocycles. The average Bonchev–Trinajstić information content (AvgIpc) is 2.63. The molecular formula is C12Cl3F23O. The average molecular weight is 703 g/mol. The summed E-state index contributed by atoms with van der Waals surface area (Å²) in [5.74, 6) is -72.8. The van der Waals surface area contributed by atoms with Crippen LogP contribution in [0.15, 0.2) is 0 Å². The van der Waals surface area contributed by atoms with E-state index in [1.807, 2.05) is 0 Å². The number of rotatable bonds is 11. The standard InChI is InChI=1S/C12Cl3F23O/c13-9(14,32)10(15,33)39-12(37,38)8(30,31)6(26,27)4(22,23)2(18,19)1(16,17)3(20,21)5(24,25)7(28,29)11(34,35)36. The van der Waals surface area contributed by atoms with Crippen molar-refractivity contribution in [3.05, 3.63) is 0 Å². The molecule has 0 rings (SSSR count). The number of hydrogen-bond acceptors (Lipinski definition) is 1. The fraction of sp³-hybridized carbons (Fsp3) is 1.00. The Morgan fingerprint density at radius 3 is 0.718 bits per heavy atom. The summed E-state index contributed by atoms with van der Waals surface area (Å²) in [5.41, 5.74) is 0. The highest BCUT2D eigenvalue weighted by atomic mass is 35.5. The van der Waals surface area contributed by atoms with E-state index in [9.17, 15) is 101 Å². The van der Waals surface area contributed by atoms with E-state index in [2.05, 4.69) is 34.8 Å². The van der Waals surface area contributed by atoms with Crippen LogP contribution in [-0.2, 0) is 4.74 Å². The van der Waals surface area contributed by atoms with Crippen LogP contribution >= 0.6 is 34.8 Å². The molecule has 236 valence electrons. The minimum Gasteiger partial charge on any atom is -0.259 e. The summed E-state index contributed by atoms with van der Waals surface area (Å²) in [4.78, 5) is 0. The summed E-state index contributed by atoms with van der Waals surface area (Å²) >= 11 is 12.0. The first-order valence-electron chi connectivity index (χ1n) is 7.82. The Kier molecular flexibility index (Phi) is 9.17. The molecule has 0 bridgehead atoms. The quantitative estimate of drug-likeness (QED) is 0.154. The maximum absolute atomic E-state index is 13.5. The lowest BCUT2D eigenvalue weighted by atomic mass is 9.87. The first-order valence-corrected chi connectivity index (χ1v) is 8.96. The SMILES string of the molecule is FC(F)(F)C(F)(F)C(F)(F)C(F)(F)C(F)(F)C(F)(F)C(F)(F)C(F)(F)C(F)(F)C(F)(F)OC(F)(Cl)C(F)(Cl)Cl. The Morgan fingerprint density at radius 2 is 0.513 bits per heavy atom. The van der Waals surface area contributed by atoms with E-state index in [0.29, 0.717) is 0 Å². The zero-order valence-corrected chi connectivity index (χ0v) is 18.5. The Hall–Kier alpha value is -0.780. The van der Waals surface area contributed by atoms with Crippen molar-refractivity contribution in [2.24, 2.45) is 0 Å². The lowest BCUT2D eigenvalue weighted by Crippen LogP contribution is -2.77. The van der Waals surface area contributed by atoms with Crippen LogP contribution in [0, 0.1) is 0 Å². The van der Waals surface area contributed by atoms with Gasteiger partial charge in [-0.3, -0.25) is 4.74 Å². The van der Waals surface area contributed by atoms with Crippen LogP contribution in [0.5, 0.6) is 0 Å². The maximum Gasteiger partial charge on any atom is 0.460 e. The topological polar surface area (TPSA) is 9.23 Å². The number of alkyl halides is 26. The van der Waals surface area contributed by atoms with Crippen molar-refractivity contribution in [3.63, 3.8) is 0 Å². The van der Waals surface area contributed by atoms with E-state index >= 15 is 0 Å². The molecule has 0 aromatic rings. The van der Waals surface area contributed by atoms with Gasteiger partial charge in [-0.1, -0.05) is 23.2 Å². The highest BCUT2D eigenvalue weighted by Gasteiger charge is 2.98. The molecule has 27 heteroatoms. The normalized spacial score (nSPS) is 18.3.